The maximum atomic E-state index is 12.6. The zero-order valence-electron chi connectivity index (χ0n) is 23.2. The molecule has 3 rings (SSSR count). The number of amides is 2. The van der Waals surface area contributed by atoms with E-state index in [0.29, 0.717) is 26.1 Å². The number of carboxylic acid groups (broad SMARTS) is 1. The molecule has 0 saturated carbocycles. The lowest BCUT2D eigenvalue weighted by Gasteiger charge is -2.28. The Bertz CT molecular complexity index is 888. The average Bonchev–Trinajstić information content (AvgIpc) is 3.28. The minimum Gasteiger partial charge on any atom is -0.480 e. The van der Waals surface area contributed by atoms with E-state index in [1.807, 2.05) is 27.7 Å². The number of aryl methyl sites for hydroxylation is 2. The standard InChI is InChI=1S/C28H47N5O4/c1-21-9-8-17-33(21)27(36)31-24(26(34)35)14-18-32(19-20-37-28(2,3)4)16-6-5-11-23-13-12-22-10-7-15-29-25(22)30-23/h12-13,21,24H,5-11,14-20H2,1-4H3,(H,29,30)(H,31,36)(H,34,35). The van der Waals surface area contributed by atoms with Crippen molar-refractivity contribution in [3.8, 4) is 0 Å². The predicted molar refractivity (Wildman–Crippen MR) is 146 cm³/mol. The van der Waals surface area contributed by atoms with E-state index in [1.165, 1.54) is 5.56 Å². The van der Waals surface area contributed by atoms with Gasteiger partial charge < -0.3 is 30.3 Å². The fourth-order valence-electron chi connectivity index (χ4n) is 5.00. The molecule has 37 heavy (non-hydrogen) atoms. The average molecular weight is 518 g/mol. The lowest BCUT2D eigenvalue weighted by atomic mass is 10.1. The van der Waals surface area contributed by atoms with Crippen molar-refractivity contribution in [1.82, 2.24) is 20.1 Å². The molecule has 3 heterocycles. The summed E-state index contributed by atoms with van der Waals surface area (Å²) >= 11 is 0. The first-order chi connectivity index (χ1) is 17.6. The van der Waals surface area contributed by atoms with E-state index in [9.17, 15) is 14.7 Å². The van der Waals surface area contributed by atoms with E-state index in [-0.39, 0.29) is 17.7 Å². The van der Waals surface area contributed by atoms with Crippen molar-refractivity contribution in [3.63, 3.8) is 0 Å². The molecule has 2 aliphatic rings. The van der Waals surface area contributed by atoms with Gasteiger partial charge in [-0.3, -0.25) is 0 Å². The number of hydrogen-bond acceptors (Lipinski definition) is 6. The first-order valence-electron chi connectivity index (χ1n) is 14.0. The number of carbonyl (C=O) groups excluding carboxylic acids is 1. The number of aliphatic carboxylic acids is 1. The SMILES string of the molecule is CC1CCCN1C(=O)NC(CCN(CCCCc1ccc2c(n1)NCCC2)CCOC(C)(C)C)C(=O)O. The molecular weight excluding hydrogens is 470 g/mol. The molecule has 0 radical (unpaired) electrons. The van der Waals surface area contributed by atoms with Crippen LogP contribution in [0.5, 0.6) is 0 Å². The molecule has 2 unspecified atom stereocenters. The molecule has 9 nitrogen and oxygen atoms in total. The van der Waals surface area contributed by atoms with Crippen LogP contribution in [-0.4, -0.2) is 88.9 Å². The molecule has 1 fully saturated rings. The lowest BCUT2D eigenvalue weighted by Crippen LogP contribution is -2.50. The Labute approximate surface area is 222 Å². The molecule has 0 bridgehead atoms. The Hall–Kier alpha value is -2.39. The number of rotatable bonds is 13. The monoisotopic (exact) mass is 517 g/mol. The number of aromatic nitrogens is 1. The molecule has 2 aliphatic heterocycles. The third kappa shape index (κ3) is 9.78. The maximum absolute atomic E-state index is 12.6. The van der Waals surface area contributed by atoms with Gasteiger partial charge in [0, 0.05) is 37.9 Å². The third-order valence-electron chi connectivity index (χ3n) is 7.20. The molecule has 1 saturated heterocycles. The Morgan fingerprint density at radius 3 is 2.76 bits per heavy atom. The number of hydrogen-bond donors (Lipinski definition) is 3. The smallest absolute Gasteiger partial charge is 0.326 e. The maximum Gasteiger partial charge on any atom is 0.326 e. The minimum atomic E-state index is -0.988. The van der Waals surface area contributed by atoms with Gasteiger partial charge in [-0.25, -0.2) is 14.6 Å². The van der Waals surface area contributed by atoms with Crippen LogP contribution in [0.25, 0.3) is 0 Å². The van der Waals surface area contributed by atoms with Crippen LogP contribution < -0.4 is 10.6 Å². The fraction of sp³-hybridized carbons (Fsp3) is 0.750. The van der Waals surface area contributed by atoms with Crippen LogP contribution in [0.1, 0.15) is 77.5 Å². The molecule has 1 aromatic rings. The highest BCUT2D eigenvalue weighted by atomic mass is 16.5. The number of urea groups is 1. The summed E-state index contributed by atoms with van der Waals surface area (Å²) in [6, 6.07) is 3.32. The number of likely N-dealkylation sites (tertiary alicyclic amines) is 1. The van der Waals surface area contributed by atoms with Crippen molar-refractivity contribution < 1.29 is 19.4 Å². The minimum absolute atomic E-state index is 0.154. The summed E-state index contributed by atoms with van der Waals surface area (Å²) in [6.45, 7) is 12.5. The van der Waals surface area contributed by atoms with Crippen LogP contribution in [0.3, 0.4) is 0 Å². The van der Waals surface area contributed by atoms with Gasteiger partial charge in [0.05, 0.1) is 12.2 Å². The van der Waals surface area contributed by atoms with Gasteiger partial charge in [0.1, 0.15) is 11.9 Å². The lowest BCUT2D eigenvalue weighted by molar-refractivity contribution is -0.139. The largest absolute Gasteiger partial charge is 0.480 e. The molecule has 0 aliphatic carbocycles. The fourth-order valence-corrected chi connectivity index (χ4v) is 5.00. The van der Waals surface area contributed by atoms with Gasteiger partial charge in [0.2, 0.25) is 0 Å². The van der Waals surface area contributed by atoms with Gasteiger partial charge in [0.25, 0.3) is 0 Å². The van der Waals surface area contributed by atoms with Gasteiger partial charge >= 0.3 is 12.0 Å². The quantitative estimate of drug-likeness (QED) is 0.341. The highest BCUT2D eigenvalue weighted by Gasteiger charge is 2.29. The molecule has 0 spiro atoms. The number of fused-ring (bicyclic) bond motifs is 1. The highest BCUT2D eigenvalue weighted by Crippen LogP contribution is 2.20. The molecule has 208 valence electrons. The summed E-state index contributed by atoms with van der Waals surface area (Å²) in [5.41, 5.74) is 2.20. The third-order valence-corrected chi connectivity index (χ3v) is 7.20. The first kappa shape index (κ1) is 29.2. The Morgan fingerprint density at radius 2 is 2.05 bits per heavy atom. The van der Waals surface area contributed by atoms with Crippen LogP contribution in [0.15, 0.2) is 12.1 Å². The Kier molecular flexibility index (Phi) is 11.0. The molecular formula is C28H47N5O4. The van der Waals surface area contributed by atoms with Gasteiger partial charge in [-0.15, -0.1) is 0 Å². The van der Waals surface area contributed by atoms with Crippen molar-refractivity contribution in [3.05, 3.63) is 23.4 Å². The summed E-state index contributed by atoms with van der Waals surface area (Å²) in [6.07, 6.45) is 7.45. The van der Waals surface area contributed by atoms with Crippen molar-refractivity contribution in [1.29, 1.82) is 0 Å². The van der Waals surface area contributed by atoms with E-state index in [0.717, 1.165) is 76.1 Å². The van der Waals surface area contributed by atoms with Crippen molar-refractivity contribution in [2.45, 2.75) is 96.7 Å². The number of carbonyl (C=O) groups is 2. The molecule has 2 atom stereocenters. The second-order valence-electron chi connectivity index (χ2n) is 11.4. The topological polar surface area (TPSA) is 107 Å². The van der Waals surface area contributed by atoms with E-state index >= 15 is 0 Å². The predicted octanol–water partition coefficient (Wildman–Crippen LogP) is 3.92. The number of ether oxygens (including phenoxy) is 1. The zero-order chi connectivity index (χ0) is 26.8. The van der Waals surface area contributed by atoms with Crippen molar-refractivity contribution in [2.24, 2.45) is 0 Å². The second-order valence-corrected chi connectivity index (χ2v) is 11.4. The van der Waals surface area contributed by atoms with Crippen LogP contribution in [-0.2, 0) is 22.4 Å². The highest BCUT2D eigenvalue weighted by molar-refractivity contribution is 5.82. The van der Waals surface area contributed by atoms with Gasteiger partial charge in [-0.2, -0.15) is 0 Å². The summed E-state index contributed by atoms with van der Waals surface area (Å²) < 4.78 is 5.94. The number of anilines is 1. The summed E-state index contributed by atoms with van der Waals surface area (Å²) in [5, 5.41) is 15.9. The molecule has 0 aromatic carbocycles. The van der Waals surface area contributed by atoms with Crippen molar-refractivity contribution >= 4 is 17.8 Å². The molecule has 9 heteroatoms. The van der Waals surface area contributed by atoms with Crippen LogP contribution in [0.2, 0.25) is 0 Å². The number of carboxylic acids is 1. The number of nitrogens with zero attached hydrogens (tertiary/aromatic N) is 3. The second kappa shape index (κ2) is 14.0. The van der Waals surface area contributed by atoms with Crippen LogP contribution >= 0.6 is 0 Å². The van der Waals surface area contributed by atoms with E-state index < -0.39 is 12.0 Å². The number of nitrogens with one attached hydrogen (secondary N) is 2. The summed E-state index contributed by atoms with van der Waals surface area (Å²) in [7, 11) is 0. The van der Waals surface area contributed by atoms with E-state index in [1.54, 1.807) is 4.90 Å². The molecule has 3 N–H and O–H groups in total. The number of unbranched alkanes of at least 4 members (excludes halogenated alkanes) is 1. The van der Waals surface area contributed by atoms with Gasteiger partial charge in [-0.1, -0.05) is 6.07 Å². The Balaban J connectivity index is 1.49. The van der Waals surface area contributed by atoms with Crippen LogP contribution in [0.4, 0.5) is 10.6 Å². The molecule has 1 aromatic heterocycles. The van der Waals surface area contributed by atoms with E-state index in [4.69, 9.17) is 9.72 Å². The zero-order valence-corrected chi connectivity index (χ0v) is 23.2. The summed E-state index contributed by atoms with van der Waals surface area (Å²) in [5.74, 6) is 0.0491. The van der Waals surface area contributed by atoms with Crippen molar-refractivity contribution in [2.75, 3.05) is 44.6 Å². The van der Waals surface area contributed by atoms with Gasteiger partial charge in [0.15, 0.2) is 0 Å². The normalized spacial score (nSPS) is 18.4. The van der Waals surface area contributed by atoms with E-state index in [2.05, 4.69) is 27.7 Å². The number of pyridine rings is 1. The Morgan fingerprint density at radius 1 is 1.24 bits per heavy atom. The van der Waals surface area contributed by atoms with Crippen LogP contribution in [0, 0.1) is 0 Å². The molecule has 2 amide bonds. The first-order valence-corrected chi connectivity index (χ1v) is 14.0. The summed E-state index contributed by atoms with van der Waals surface area (Å²) in [4.78, 5) is 33.4. The van der Waals surface area contributed by atoms with Gasteiger partial charge in [-0.05, 0) is 97.2 Å².